The molecule has 5 nitrogen and oxygen atoms in total. The van der Waals surface area contributed by atoms with Crippen molar-refractivity contribution in [1.82, 2.24) is 9.47 Å². The molecule has 0 bridgehead atoms. The minimum Gasteiger partial charge on any atom is -0.548 e. The number of aromatic nitrogens is 1. The Bertz CT molecular complexity index is 883. The van der Waals surface area contributed by atoms with Gasteiger partial charge in [-0.2, -0.15) is 0 Å². The zero-order valence-corrected chi connectivity index (χ0v) is 14.2. The Kier molecular flexibility index (Phi) is 3.99. The Balaban J connectivity index is 2.06. The number of carboxylic acids is 1. The highest BCUT2D eigenvalue weighted by molar-refractivity contribution is 8.26. The number of fused-ring (bicyclic) bond motifs is 1. The molecule has 0 saturated carbocycles. The van der Waals surface area contributed by atoms with E-state index in [4.69, 9.17) is 12.2 Å². The monoisotopic (exact) mass is 345 g/mol. The van der Waals surface area contributed by atoms with E-state index < -0.39 is 18.4 Å². The number of aliphatic carboxylic acids is 1. The van der Waals surface area contributed by atoms with E-state index >= 15 is 0 Å². The molecule has 0 spiro atoms. The van der Waals surface area contributed by atoms with Gasteiger partial charge in [-0.3, -0.25) is 9.69 Å². The number of aryl methyl sites for hydroxylation is 1. The summed E-state index contributed by atoms with van der Waals surface area (Å²) < 4.78 is 2.30. The van der Waals surface area contributed by atoms with Crippen molar-refractivity contribution in [2.45, 2.75) is 6.92 Å². The highest BCUT2D eigenvalue weighted by Crippen LogP contribution is 2.35. The number of rotatable bonds is 3. The summed E-state index contributed by atoms with van der Waals surface area (Å²) in [6, 6.07) is 7.92. The number of carbonyl (C=O) groups is 2. The lowest BCUT2D eigenvalue weighted by Gasteiger charge is -2.14. The maximum Gasteiger partial charge on any atom is 0.266 e. The van der Waals surface area contributed by atoms with Crippen LogP contribution in [-0.2, 0) is 16.6 Å². The number of nitrogens with zero attached hydrogens (tertiary/aromatic N) is 2. The van der Waals surface area contributed by atoms with Gasteiger partial charge in [0.1, 0.15) is 4.32 Å². The van der Waals surface area contributed by atoms with Gasteiger partial charge in [-0.1, -0.05) is 42.2 Å². The molecule has 1 fully saturated rings. The lowest BCUT2D eigenvalue weighted by Crippen LogP contribution is -2.40. The summed E-state index contributed by atoms with van der Waals surface area (Å²) in [5, 5.41) is 11.8. The van der Waals surface area contributed by atoms with Crippen molar-refractivity contribution in [2.24, 2.45) is 7.05 Å². The first-order valence-corrected chi connectivity index (χ1v) is 8.12. The predicted octanol–water partition coefficient (Wildman–Crippen LogP) is 1.44. The molecule has 7 heteroatoms. The standard InChI is InChI=1S/C16H14N2O3S2/c1-9-11(10-5-3-4-6-12(10)17(9)2)7-13-15(21)18(8-14(19)20)16(22)23-13/h3-7H,8H2,1-2H3,(H,19,20)/p-1. The normalized spacial score (nSPS) is 16.8. The van der Waals surface area contributed by atoms with Gasteiger partial charge in [-0.15, -0.1) is 0 Å². The van der Waals surface area contributed by atoms with Gasteiger partial charge in [0.15, 0.2) is 0 Å². The average molecular weight is 345 g/mol. The van der Waals surface area contributed by atoms with Gasteiger partial charge >= 0.3 is 0 Å². The minimum absolute atomic E-state index is 0.239. The Labute approximate surface area is 142 Å². The molecule has 3 rings (SSSR count). The molecule has 2 heterocycles. The summed E-state index contributed by atoms with van der Waals surface area (Å²) >= 11 is 6.21. The van der Waals surface area contributed by atoms with E-state index in [9.17, 15) is 14.7 Å². The van der Waals surface area contributed by atoms with Crippen LogP contribution in [0.15, 0.2) is 29.2 Å². The zero-order valence-electron chi connectivity index (χ0n) is 12.5. The minimum atomic E-state index is -1.33. The second kappa shape index (κ2) is 5.82. The van der Waals surface area contributed by atoms with Gasteiger partial charge in [-0.25, -0.2) is 0 Å². The first-order valence-electron chi connectivity index (χ1n) is 6.89. The van der Waals surface area contributed by atoms with Gasteiger partial charge in [0.05, 0.1) is 17.4 Å². The second-order valence-electron chi connectivity index (χ2n) is 5.22. The lowest BCUT2D eigenvalue weighted by atomic mass is 10.1. The van der Waals surface area contributed by atoms with Gasteiger partial charge < -0.3 is 14.5 Å². The number of amides is 1. The molecule has 1 aliphatic rings. The van der Waals surface area contributed by atoms with Gasteiger partial charge in [0, 0.05) is 29.2 Å². The molecule has 0 atom stereocenters. The first-order chi connectivity index (χ1) is 10.9. The summed E-state index contributed by atoms with van der Waals surface area (Å²) in [7, 11) is 1.97. The molecule has 2 aromatic rings. The number of benzene rings is 1. The maximum atomic E-state index is 12.4. The summed E-state index contributed by atoms with van der Waals surface area (Å²) in [5.41, 5.74) is 3.04. The average Bonchev–Trinajstić information content (AvgIpc) is 2.91. The number of thiocarbonyl (C=S) groups is 1. The SMILES string of the molecule is Cc1c(C=C2SC(=S)N(CC(=O)[O-])C2=O)c2ccccc2n1C. The Morgan fingerprint density at radius 2 is 2.09 bits per heavy atom. The summed E-state index contributed by atoms with van der Waals surface area (Å²) in [6.07, 6.45) is 1.78. The van der Waals surface area contributed by atoms with E-state index in [1.54, 1.807) is 6.08 Å². The Hall–Kier alpha value is -2.12. The van der Waals surface area contributed by atoms with Gasteiger partial charge in [0.2, 0.25) is 0 Å². The van der Waals surface area contributed by atoms with Crippen LogP contribution >= 0.6 is 24.0 Å². The van der Waals surface area contributed by atoms with Crippen LogP contribution in [0.25, 0.3) is 17.0 Å². The van der Waals surface area contributed by atoms with Crippen molar-refractivity contribution in [1.29, 1.82) is 0 Å². The quantitative estimate of drug-likeness (QED) is 0.622. The van der Waals surface area contributed by atoms with Crippen LogP contribution in [-0.4, -0.2) is 32.2 Å². The van der Waals surface area contributed by atoms with E-state index in [2.05, 4.69) is 4.57 Å². The third-order valence-electron chi connectivity index (χ3n) is 3.88. The van der Waals surface area contributed by atoms with Gasteiger partial charge in [-0.05, 0) is 19.1 Å². The smallest absolute Gasteiger partial charge is 0.266 e. The third kappa shape index (κ3) is 2.66. The summed E-state index contributed by atoms with van der Waals surface area (Å²) in [6.45, 7) is 1.46. The van der Waals surface area contributed by atoms with E-state index in [-0.39, 0.29) is 4.32 Å². The van der Waals surface area contributed by atoms with Crippen LogP contribution in [0.4, 0.5) is 0 Å². The Morgan fingerprint density at radius 3 is 2.78 bits per heavy atom. The molecule has 0 N–H and O–H groups in total. The van der Waals surface area contributed by atoms with Crippen molar-refractivity contribution in [2.75, 3.05) is 6.54 Å². The molecule has 1 aromatic carbocycles. The summed E-state index contributed by atoms with van der Waals surface area (Å²) in [4.78, 5) is 24.6. The molecule has 1 aromatic heterocycles. The third-order valence-corrected chi connectivity index (χ3v) is 5.26. The number of carboxylic acid groups (broad SMARTS) is 1. The molecule has 118 valence electrons. The lowest BCUT2D eigenvalue weighted by molar-refractivity contribution is -0.305. The predicted molar refractivity (Wildman–Crippen MR) is 92.5 cm³/mol. The molecule has 0 unspecified atom stereocenters. The van der Waals surface area contributed by atoms with Crippen LogP contribution in [0.5, 0.6) is 0 Å². The Morgan fingerprint density at radius 1 is 1.39 bits per heavy atom. The summed E-state index contributed by atoms with van der Waals surface area (Å²) in [5.74, 6) is -1.72. The van der Waals surface area contributed by atoms with E-state index in [1.807, 2.05) is 38.2 Å². The van der Waals surface area contributed by atoms with Crippen molar-refractivity contribution in [3.8, 4) is 0 Å². The molecule has 23 heavy (non-hydrogen) atoms. The number of carbonyl (C=O) groups excluding carboxylic acids is 2. The van der Waals surface area contributed by atoms with Crippen LogP contribution in [0.3, 0.4) is 0 Å². The molecular weight excluding hydrogens is 332 g/mol. The fraction of sp³-hybridized carbons (Fsp3) is 0.188. The molecule has 0 aliphatic carbocycles. The van der Waals surface area contributed by atoms with Crippen molar-refractivity contribution in [3.05, 3.63) is 40.4 Å². The van der Waals surface area contributed by atoms with Gasteiger partial charge in [0.25, 0.3) is 5.91 Å². The topological polar surface area (TPSA) is 65.4 Å². The highest BCUT2D eigenvalue weighted by atomic mass is 32.2. The largest absolute Gasteiger partial charge is 0.548 e. The fourth-order valence-electron chi connectivity index (χ4n) is 2.63. The molecule has 1 saturated heterocycles. The van der Waals surface area contributed by atoms with E-state index in [0.717, 1.165) is 38.8 Å². The van der Waals surface area contributed by atoms with Crippen molar-refractivity contribution in [3.63, 3.8) is 0 Å². The zero-order chi connectivity index (χ0) is 16.7. The number of hydrogen-bond acceptors (Lipinski definition) is 5. The number of thioether (sulfide) groups is 1. The van der Waals surface area contributed by atoms with Crippen LogP contribution in [0.1, 0.15) is 11.3 Å². The highest BCUT2D eigenvalue weighted by Gasteiger charge is 2.32. The molecule has 0 radical (unpaired) electrons. The van der Waals surface area contributed by atoms with Crippen LogP contribution in [0, 0.1) is 6.92 Å². The van der Waals surface area contributed by atoms with Crippen molar-refractivity contribution < 1.29 is 14.7 Å². The van der Waals surface area contributed by atoms with Crippen LogP contribution in [0.2, 0.25) is 0 Å². The van der Waals surface area contributed by atoms with E-state index in [1.165, 1.54) is 0 Å². The molecule has 1 aliphatic heterocycles. The molecule has 1 amide bonds. The van der Waals surface area contributed by atoms with E-state index in [0.29, 0.717) is 4.91 Å². The van der Waals surface area contributed by atoms with Crippen LogP contribution < -0.4 is 5.11 Å². The fourth-order valence-corrected chi connectivity index (χ4v) is 3.87. The number of hydrogen-bond donors (Lipinski definition) is 0. The van der Waals surface area contributed by atoms with Crippen molar-refractivity contribution >= 4 is 57.2 Å². The first kappa shape index (κ1) is 15.8. The second-order valence-corrected chi connectivity index (χ2v) is 6.89. The molecular formula is C16H13N2O3S2-. The maximum absolute atomic E-state index is 12.4. The number of para-hydroxylation sites is 1.